The molecule has 8 nitrogen and oxygen atoms in total. The van der Waals surface area contributed by atoms with Crippen LogP contribution < -0.4 is 10.2 Å². The van der Waals surface area contributed by atoms with Crippen LogP contribution in [0.15, 0.2) is 29.8 Å². The van der Waals surface area contributed by atoms with Crippen LogP contribution in [0.25, 0.3) is 11.1 Å². The third-order valence-corrected chi connectivity index (χ3v) is 8.88. The summed E-state index contributed by atoms with van der Waals surface area (Å²) in [7, 11) is 1.37. The summed E-state index contributed by atoms with van der Waals surface area (Å²) >= 11 is 13.9. The zero-order valence-electron chi connectivity index (χ0n) is 20.8. The first-order valence-electron chi connectivity index (χ1n) is 11.9. The van der Waals surface area contributed by atoms with E-state index in [0.29, 0.717) is 11.1 Å². The molecule has 196 valence electrons. The minimum absolute atomic E-state index is 0.0153. The van der Waals surface area contributed by atoms with Gasteiger partial charge in [-0.1, -0.05) is 29.3 Å². The van der Waals surface area contributed by atoms with E-state index in [1.54, 1.807) is 17.4 Å². The Balaban J connectivity index is 1.61. The van der Waals surface area contributed by atoms with Gasteiger partial charge in [-0.15, -0.1) is 11.3 Å². The van der Waals surface area contributed by atoms with Crippen LogP contribution in [0.1, 0.15) is 50.6 Å². The molecule has 0 bridgehead atoms. The third kappa shape index (κ3) is 4.24. The molecule has 3 aromatic rings. The maximum absolute atomic E-state index is 13.4. The number of rotatable bonds is 4. The van der Waals surface area contributed by atoms with Gasteiger partial charge in [-0.25, -0.2) is 14.5 Å². The molecule has 1 aromatic carbocycles. The highest BCUT2D eigenvalue weighted by molar-refractivity contribution is 7.15. The molecule has 0 saturated carbocycles. The molecule has 0 atom stereocenters. The highest BCUT2D eigenvalue weighted by Crippen LogP contribution is 2.40. The molecule has 38 heavy (non-hydrogen) atoms. The minimum Gasteiger partial charge on any atom is -0.465 e. The summed E-state index contributed by atoms with van der Waals surface area (Å²) in [5.41, 5.74) is 3.56. The summed E-state index contributed by atoms with van der Waals surface area (Å²) in [5.74, 6) is -2.03. The van der Waals surface area contributed by atoms with E-state index in [0.717, 1.165) is 52.5 Å². The fourth-order valence-corrected chi connectivity index (χ4v) is 6.83. The van der Waals surface area contributed by atoms with Crippen LogP contribution >= 0.6 is 34.5 Å². The number of aryl methyl sites for hydroxylation is 2. The van der Waals surface area contributed by atoms with Crippen molar-refractivity contribution in [2.45, 2.75) is 39.5 Å². The molecule has 2 aromatic heterocycles. The topological polar surface area (TPSA) is 97.7 Å². The number of amides is 4. The summed E-state index contributed by atoms with van der Waals surface area (Å²) in [6, 6.07) is 5.46. The van der Waals surface area contributed by atoms with Crippen molar-refractivity contribution >= 4 is 70.1 Å². The number of fused-ring (bicyclic) bond motifs is 1. The minimum atomic E-state index is -0.918. The number of carbonyl (C=O) groups is 4. The normalized spacial score (nSPS) is 16.6. The standard InChI is InChI=1S/C27H23Cl2N3O5S/c1-13-11-15(14(2)31(13)25-21(26(35)37-3)16-7-4-5-10-20(16)38-25)12-17-23(33)30-27(36)32(24(17)34)19-9-6-8-18(28)22(19)29/h6,8-9,11-12H,4-5,7,10H2,1-3H3,(H,30,33,36)/b17-12+. The lowest BCUT2D eigenvalue weighted by atomic mass is 9.95. The van der Waals surface area contributed by atoms with Crippen LogP contribution in [0.2, 0.25) is 10.0 Å². The summed E-state index contributed by atoms with van der Waals surface area (Å²) in [6.07, 6.45) is 5.25. The van der Waals surface area contributed by atoms with Crippen molar-refractivity contribution in [3.63, 3.8) is 0 Å². The van der Waals surface area contributed by atoms with Crippen LogP contribution in [-0.2, 0) is 27.2 Å². The van der Waals surface area contributed by atoms with Crippen molar-refractivity contribution in [1.29, 1.82) is 0 Å². The van der Waals surface area contributed by atoms with Gasteiger partial charge in [0.05, 0.1) is 28.4 Å². The largest absolute Gasteiger partial charge is 0.465 e. The Hall–Kier alpha value is -3.40. The zero-order chi connectivity index (χ0) is 27.3. The van der Waals surface area contributed by atoms with Crippen LogP contribution in [0, 0.1) is 13.8 Å². The maximum Gasteiger partial charge on any atom is 0.341 e. The van der Waals surface area contributed by atoms with Crippen LogP contribution in [0.3, 0.4) is 0 Å². The van der Waals surface area contributed by atoms with E-state index in [2.05, 4.69) is 5.32 Å². The van der Waals surface area contributed by atoms with Crippen molar-refractivity contribution in [3.05, 3.63) is 72.8 Å². The molecule has 11 heteroatoms. The first kappa shape index (κ1) is 26.2. The Labute approximate surface area is 232 Å². The lowest BCUT2D eigenvalue weighted by molar-refractivity contribution is -0.122. The number of anilines is 1. The molecular formula is C27H23Cl2N3O5S. The number of aromatic nitrogens is 1. The smallest absolute Gasteiger partial charge is 0.341 e. The molecule has 2 aliphatic rings. The quantitative estimate of drug-likeness (QED) is 0.242. The number of hydrogen-bond donors (Lipinski definition) is 1. The predicted octanol–water partition coefficient (Wildman–Crippen LogP) is 5.79. The van der Waals surface area contributed by atoms with Gasteiger partial charge in [0.15, 0.2) is 0 Å². The Morgan fingerprint density at radius 1 is 1.13 bits per heavy atom. The molecule has 1 N–H and O–H groups in total. The number of esters is 1. The van der Waals surface area contributed by atoms with E-state index >= 15 is 0 Å². The van der Waals surface area contributed by atoms with E-state index in [9.17, 15) is 19.2 Å². The number of benzene rings is 1. The van der Waals surface area contributed by atoms with Gasteiger partial charge in [-0.3, -0.25) is 14.9 Å². The molecule has 4 amide bonds. The number of nitrogens with one attached hydrogen (secondary N) is 1. The lowest BCUT2D eigenvalue weighted by Gasteiger charge is -2.27. The average Bonchev–Trinajstić information content (AvgIpc) is 3.39. The second-order valence-corrected chi connectivity index (χ2v) is 10.9. The van der Waals surface area contributed by atoms with Crippen LogP contribution in [-0.4, -0.2) is 35.5 Å². The van der Waals surface area contributed by atoms with Crippen molar-refractivity contribution in [3.8, 4) is 5.00 Å². The summed E-state index contributed by atoms with van der Waals surface area (Å²) in [4.78, 5) is 53.6. The number of ether oxygens (including phenoxy) is 1. The Kier molecular flexibility index (Phi) is 6.94. The molecule has 5 rings (SSSR count). The van der Waals surface area contributed by atoms with Gasteiger partial charge >= 0.3 is 12.0 Å². The number of barbiturate groups is 1. The van der Waals surface area contributed by atoms with Crippen molar-refractivity contribution in [1.82, 2.24) is 9.88 Å². The Bertz CT molecular complexity index is 1570. The van der Waals surface area contributed by atoms with E-state index < -0.39 is 17.8 Å². The Morgan fingerprint density at radius 2 is 1.87 bits per heavy atom. The highest BCUT2D eigenvalue weighted by atomic mass is 35.5. The van der Waals surface area contributed by atoms with Gasteiger partial charge in [-0.05, 0) is 74.9 Å². The number of urea groups is 1. The zero-order valence-corrected chi connectivity index (χ0v) is 23.1. The van der Waals surface area contributed by atoms with E-state index in [1.165, 1.54) is 30.2 Å². The van der Waals surface area contributed by atoms with Crippen molar-refractivity contribution in [2.75, 3.05) is 12.0 Å². The number of nitrogens with zero attached hydrogens (tertiary/aromatic N) is 2. The SMILES string of the molecule is COC(=O)c1c(-n2c(C)cc(/C=C3\C(=O)NC(=O)N(c4cccc(Cl)c4Cl)C3=O)c2C)sc2c1CCCC2. The number of halogens is 2. The molecule has 1 aliphatic heterocycles. The van der Waals surface area contributed by atoms with Gasteiger partial charge in [0.25, 0.3) is 11.8 Å². The monoisotopic (exact) mass is 571 g/mol. The van der Waals surface area contributed by atoms with Gasteiger partial charge < -0.3 is 9.30 Å². The van der Waals surface area contributed by atoms with Gasteiger partial charge in [0, 0.05) is 16.3 Å². The van der Waals surface area contributed by atoms with E-state index in [1.807, 2.05) is 24.5 Å². The maximum atomic E-state index is 13.4. The Morgan fingerprint density at radius 3 is 2.61 bits per heavy atom. The summed E-state index contributed by atoms with van der Waals surface area (Å²) < 4.78 is 7.08. The highest BCUT2D eigenvalue weighted by Gasteiger charge is 2.38. The molecule has 1 saturated heterocycles. The van der Waals surface area contributed by atoms with Gasteiger partial charge in [0.2, 0.25) is 0 Å². The molecule has 0 radical (unpaired) electrons. The van der Waals surface area contributed by atoms with Crippen molar-refractivity contribution < 1.29 is 23.9 Å². The van der Waals surface area contributed by atoms with Gasteiger partial charge in [0.1, 0.15) is 10.6 Å². The second-order valence-electron chi connectivity index (χ2n) is 9.08. The number of hydrogen-bond acceptors (Lipinski definition) is 6. The fraction of sp³-hybridized carbons (Fsp3) is 0.259. The van der Waals surface area contributed by atoms with Gasteiger partial charge in [-0.2, -0.15) is 0 Å². The van der Waals surface area contributed by atoms with Crippen LogP contribution in [0.5, 0.6) is 0 Å². The van der Waals surface area contributed by atoms with Crippen LogP contribution in [0.4, 0.5) is 10.5 Å². The van der Waals surface area contributed by atoms with Crippen molar-refractivity contribution in [2.24, 2.45) is 0 Å². The molecule has 3 heterocycles. The lowest BCUT2D eigenvalue weighted by Crippen LogP contribution is -2.54. The molecule has 1 aliphatic carbocycles. The summed E-state index contributed by atoms with van der Waals surface area (Å²) in [5, 5.41) is 3.14. The van der Waals surface area contributed by atoms with E-state index in [4.69, 9.17) is 27.9 Å². The number of methoxy groups -OCH3 is 1. The number of thiophene rings is 1. The fourth-order valence-electron chi connectivity index (χ4n) is 4.96. The molecule has 0 spiro atoms. The predicted molar refractivity (Wildman–Crippen MR) is 147 cm³/mol. The first-order valence-corrected chi connectivity index (χ1v) is 13.5. The second kappa shape index (κ2) is 10.1. The third-order valence-electron chi connectivity index (χ3n) is 6.79. The molecule has 0 unspecified atom stereocenters. The first-order chi connectivity index (χ1) is 18.1. The molecule has 1 fully saturated rings. The average molecular weight is 572 g/mol. The number of imide groups is 2. The number of carbonyl (C=O) groups excluding carboxylic acids is 4. The molecular weight excluding hydrogens is 549 g/mol. The summed E-state index contributed by atoms with van der Waals surface area (Å²) in [6.45, 7) is 3.74. The van der Waals surface area contributed by atoms with E-state index in [-0.39, 0.29) is 27.3 Å².